The summed E-state index contributed by atoms with van der Waals surface area (Å²) in [5, 5.41) is 11.9. The molecule has 3 heterocycles. The topological polar surface area (TPSA) is 62.4 Å². The standard InChI is InChI=1S/C21H24N4O2/c1-2-18(23-17-4-5-19-16(11-17)12-22-24-19)14-25(7-1)13-15-3-6-20-21(10-15)27-9-8-26-20/h3-6,10-12,18,23H,1-2,7-9,13-14H2,(H,22,24)/t18-/m1/s1. The van der Waals surface area contributed by atoms with Crippen LogP contribution in [0.4, 0.5) is 5.69 Å². The van der Waals surface area contributed by atoms with E-state index in [1.54, 1.807) is 0 Å². The monoisotopic (exact) mass is 364 g/mol. The van der Waals surface area contributed by atoms with Gasteiger partial charge in [0, 0.05) is 30.2 Å². The molecular weight excluding hydrogens is 340 g/mol. The maximum atomic E-state index is 5.72. The average Bonchev–Trinajstić information content (AvgIpc) is 3.16. The third kappa shape index (κ3) is 3.57. The maximum absolute atomic E-state index is 5.72. The van der Waals surface area contributed by atoms with Gasteiger partial charge in [0.2, 0.25) is 0 Å². The van der Waals surface area contributed by atoms with Crippen molar-refractivity contribution in [1.82, 2.24) is 15.1 Å². The van der Waals surface area contributed by atoms with Crippen LogP contribution in [0.2, 0.25) is 0 Å². The molecule has 0 bridgehead atoms. The van der Waals surface area contributed by atoms with E-state index in [1.165, 1.54) is 18.4 Å². The van der Waals surface area contributed by atoms with Crippen molar-refractivity contribution >= 4 is 16.6 Å². The minimum atomic E-state index is 0.459. The number of nitrogens with zero attached hydrogens (tertiary/aromatic N) is 2. The van der Waals surface area contributed by atoms with Gasteiger partial charge in [0.1, 0.15) is 13.2 Å². The fourth-order valence-electron chi connectivity index (χ4n) is 4.03. The zero-order valence-corrected chi connectivity index (χ0v) is 15.3. The Bertz CT molecular complexity index is 939. The van der Waals surface area contributed by atoms with Gasteiger partial charge in [0.25, 0.3) is 0 Å². The molecule has 27 heavy (non-hydrogen) atoms. The first-order valence-corrected chi connectivity index (χ1v) is 9.64. The highest BCUT2D eigenvalue weighted by atomic mass is 16.6. The number of hydrogen-bond acceptors (Lipinski definition) is 5. The van der Waals surface area contributed by atoms with E-state index < -0.39 is 0 Å². The number of rotatable bonds is 4. The molecule has 1 aromatic heterocycles. The summed E-state index contributed by atoms with van der Waals surface area (Å²) < 4.78 is 11.3. The van der Waals surface area contributed by atoms with Gasteiger partial charge in [-0.25, -0.2) is 0 Å². The summed E-state index contributed by atoms with van der Waals surface area (Å²) in [5.74, 6) is 1.73. The number of ether oxygens (including phenoxy) is 2. The van der Waals surface area contributed by atoms with Crippen LogP contribution in [0.15, 0.2) is 42.6 Å². The van der Waals surface area contributed by atoms with Crippen LogP contribution < -0.4 is 14.8 Å². The van der Waals surface area contributed by atoms with E-state index in [9.17, 15) is 0 Å². The SMILES string of the molecule is c1cc2c(cc1CN1CCC[C@@H](Nc3ccc4[nH]ncc4c3)C1)OCCO2. The number of H-pyrrole nitrogens is 1. The van der Waals surface area contributed by atoms with Crippen LogP contribution in [0.5, 0.6) is 11.5 Å². The number of piperidine rings is 1. The Morgan fingerprint density at radius 2 is 2.04 bits per heavy atom. The Hall–Kier alpha value is -2.73. The van der Waals surface area contributed by atoms with Crippen molar-refractivity contribution in [2.24, 2.45) is 0 Å². The van der Waals surface area contributed by atoms with Gasteiger partial charge in [0.15, 0.2) is 11.5 Å². The third-order valence-corrected chi connectivity index (χ3v) is 5.33. The first-order chi connectivity index (χ1) is 13.3. The number of fused-ring (bicyclic) bond motifs is 2. The predicted octanol–water partition coefficient (Wildman–Crippen LogP) is 3.41. The number of aromatic amines is 1. The molecule has 0 saturated carbocycles. The van der Waals surface area contributed by atoms with E-state index in [0.29, 0.717) is 19.3 Å². The second-order valence-electron chi connectivity index (χ2n) is 7.37. The summed E-state index contributed by atoms with van der Waals surface area (Å²) in [7, 11) is 0. The Morgan fingerprint density at radius 1 is 1.11 bits per heavy atom. The molecule has 5 rings (SSSR count). The molecule has 2 aromatic carbocycles. The molecule has 140 valence electrons. The van der Waals surface area contributed by atoms with E-state index in [0.717, 1.165) is 47.7 Å². The van der Waals surface area contributed by atoms with Crippen LogP contribution in [-0.2, 0) is 6.54 Å². The fourth-order valence-corrected chi connectivity index (χ4v) is 4.03. The summed E-state index contributed by atoms with van der Waals surface area (Å²) in [6.45, 7) is 4.38. The summed E-state index contributed by atoms with van der Waals surface area (Å²) in [6, 6.07) is 13.1. The smallest absolute Gasteiger partial charge is 0.161 e. The molecule has 2 N–H and O–H groups in total. The Labute approximate surface area is 158 Å². The van der Waals surface area contributed by atoms with Crippen molar-refractivity contribution in [3.05, 3.63) is 48.2 Å². The lowest BCUT2D eigenvalue weighted by Gasteiger charge is -2.34. The number of hydrogen-bond donors (Lipinski definition) is 2. The van der Waals surface area contributed by atoms with Crippen LogP contribution >= 0.6 is 0 Å². The lowest BCUT2D eigenvalue weighted by Crippen LogP contribution is -2.41. The fraction of sp³-hybridized carbons (Fsp3) is 0.381. The first-order valence-electron chi connectivity index (χ1n) is 9.64. The van der Waals surface area contributed by atoms with Gasteiger partial charge in [-0.3, -0.25) is 10.00 Å². The van der Waals surface area contributed by atoms with Gasteiger partial charge in [-0.05, 0) is 55.3 Å². The van der Waals surface area contributed by atoms with Crippen LogP contribution in [0.25, 0.3) is 10.9 Å². The van der Waals surface area contributed by atoms with Crippen molar-refractivity contribution in [3.63, 3.8) is 0 Å². The number of benzene rings is 2. The normalized spacial score (nSPS) is 19.9. The van der Waals surface area contributed by atoms with Crippen LogP contribution in [0.1, 0.15) is 18.4 Å². The minimum absolute atomic E-state index is 0.459. The van der Waals surface area contributed by atoms with Gasteiger partial charge in [-0.1, -0.05) is 6.07 Å². The van der Waals surface area contributed by atoms with E-state index in [4.69, 9.17) is 9.47 Å². The molecule has 1 atom stereocenters. The van der Waals surface area contributed by atoms with E-state index >= 15 is 0 Å². The van der Waals surface area contributed by atoms with Gasteiger partial charge < -0.3 is 14.8 Å². The molecule has 2 aliphatic heterocycles. The summed E-state index contributed by atoms with van der Waals surface area (Å²) >= 11 is 0. The lowest BCUT2D eigenvalue weighted by molar-refractivity contribution is 0.170. The van der Waals surface area contributed by atoms with Crippen LogP contribution in [0, 0.1) is 0 Å². The van der Waals surface area contributed by atoms with Crippen molar-refractivity contribution in [3.8, 4) is 11.5 Å². The second kappa shape index (κ2) is 7.12. The summed E-state index contributed by atoms with van der Waals surface area (Å²) in [5.41, 5.74) is 3.51. The third-order valence-electron chi connectivity index (χ3n) is 5.33. The average molecular weight is 364 g/mol. The molecule has 3 aromatic rings. The maximum Gasteiger partial charge on any atom is 0.161 e. The number of aromatic nitrogens is 2. The molecule has 2 aliphatic rings. The molecule has 0 amide bonds. The first kappa shape index (κ1) is 16.4. The van der Waals surface area contributed by atoms with Gasteiger partial charge >= 0.3 is 0 Å². The highest BCUT2D eigenvalue weighted by Gasteiger charge is 2.21. The van der Waals surface area contributed by atoms with Crippen molar-refractivity contribution in [2.75, 3.05) is 31.6 Å². The number of nitrogens with one attached hydrogen (secondary N) is 2. The van der Waals surface area contributed by atoms with Gasteiger partial charge in [0.05, 0.1) is 11.7 Å². The van der Waals surface area contributed by atoms with Crippen LogP contribution in [0.3, 0.4) is 0 Å². The minimum Gasteiger partial charge on any atom is -0.486 e. The Kier molecular flexibility index (Phi) is 4.33. The van der Waals surface area contributed by atoms with Crippen molar-refractivity contribution in [2.45, 2.75) is 25.4 Å². The Morgan fingerprint density at radius 3 is 3.00 bits per heavy atom. The molecule has 0 radical (unpaired) electrons. The molecular formula is C21H24N4O2. The van der Waals surface area contributed by atoms with E-state index in [1.807, 2.05) is 12.3 Å². The van der Waals surface area contributed by atoms with E-state index in [-0.39, 0.29) is 0 Å². The molecule has 0 unspecified atom stereocenters. The number of likely N-dealkylation sites (tertiary alicyclic amines) is 1. The summed E-state index contributed by atoms with van der Waals surface area (Å²) in [6.07, 6.45) is 4.27. The zero-order chi connectivity index (χ0) is 18.1. The lowest BCUT2D eigenvalue weighted by atomic mass is 10.0. The summed E-state index contributed by atoms with van der Waals surface area (Å²) in [4.78, 5) is 2.52. The molecule has 0 aliphatic carbocycles. The van der Waals surface area contributed by atoms with Gasteiger partial charge in [-0.15, -0.1) is 0 Å². The predicted molar refractivity (Wildman–Crippen MR) is 105 cm³/mol. The zero-order valence-electron chi connectivity index (χ0n) is 15.3. The largest absolute Gasteiger partial charge is 0.486 e. The molecule has 1 fully saturated rings. The quantitative estimate of drug-likeness (QED) is 0.743. The highest BCUT2D eigenvalue weighted by molar-refractivity contribution is 5.81. The van der Waals surface area contributed by atoms with E-state index in [2.05, 4.69) is 50.7 Å². The highest BCUT2D eigenvalue weighted by Crippen LogP contribution is 2.31. The Balaban J connectivity index is 1.24. The van der Waals surface area contributed by atoms with Crippen molar-refractivity contribution in [1.29, 1.82) is 0 Å². The molecule has 0 spiro atoms. The molecule has 6 heteroatoms. The van der Waals surface area contributed by atoms with Crippen molar-refractivity contribution < 1.29 is 9.47 Å². The molecule has 6 nitrogen and oxygen atoms in total. The number of anilines is 1. The second-order valence-corrected chi connectivity index (χ2v) is 7.37. The van der Waals surface area contributed by atoms with Gasteiger partial charge in [-0.2, -0.15) is 5.10 Å². The van der Waals surface area contributed by atoms with Crippen LogP contribution in [-0.4, -0.2) is 47.4 Å². The molecule has 1 saturated heterocycles.